The van der Waals surface area contributed by atoms with E-state index < -0.39 is 16.8 Å². The van der Waals surface area contributed by atoms with E-state index in [9.17, 15) is 19.8 Å². The second-order valence-electron chi connectivity index (χ2n) is 9.84. The van der Waals surface area contributed by atoms with Gasteiger partial charge in [0.25, 0.3) is 0 Å². The fourth-order valence-corrected chi connectivity index (χ4v) is 7.51. The maximum absolute atomic E-state index is 13.3. The first-order valence-corrected chi connectivity index (χ1v) is 9.93. The van der Waals surface area contributed by atoms with Crippen molar-refractivity contribution in [2.24, 2.45) is 34.5 Å². The fraction of sp³-hybridized carbons (Fsp3) is 0.857. The summed E-state index contributed by atoms with van der Waals surface area (Å²) in [4.78, 5) is 25.4. The first kappa shape index (κ1) is 17.7. The molecule has 0 spiro atoms. The predicted octanol–water partition coefficient (Wildman–Crippen LogP) is 2.70. The number of aliphatic hydroxyl groups excluding tert-OH is 1. The quantitative estimate of drug-likeness (QED) is 0.765. The SMILES string of the molecule is [CH2]C(=O)[C@@]1(O)CC[C@H]2[C@@H]3CCC4CC(O)CC[C@]4(C)[C@H]3C(=O)C[C@@]21C. The van der Waals surface area contributed by atoms with Crippen LogP contribution in [0, 0.1) is 41.4 Å². The van der Waals surface area contributed by atoms with E-state index >= 15 is 0 Å². The fourth-order valence-electron chi connectivity index (χ4n) is 7.51. The van der Waals surface area contributed by atoms with E-state index in [4.69, 9.17) is 0 Å². The molecule has 2 unspecified atom stereocenters. The van der Waals surface area contributed by atoms with Crippen molar-refractivity contribution in [3.8, 4) is 0 Å². The number of fused-ring (bicyclic) bond motifs is 5. The smallest absolute Gasteiger partial charge is 0.165 e. The highest BCUT2D eigenvalue weighted by Crippen LogP contribution is 2.67. The predicted molar refractivity (Wildman–Crippen MR) is 93.4 cm³/mol. The van der Waals surface area contributed by atoms with Gasteiger partial charge in [-0.2, -0.15) is 0 Å². The molecule has 0 aliphatic heterocycles. The molecular formula is C21H31O4. The molecule has 25 heavy (non-hydrogen) atoms. The van der Waals surface area contributed by atoms with Crippen LogP contribution >= 0.6 is 0 Å². The molecule has 4 fully saturated rings. The van der Waals surface area contributed by atoms with E-state index in [-0.39, 0.29) is 35.1 Å². The molecule has 0 bridgehead atoms. The van der Waals surface area contributed by atoms with Crippen molar-refractivity contribution in [2.45, 2.75) is 76.9 Å². The van der Waals surface area contributed by atoms with E-state index in [2.05, 4.69) is 13.8 Å². The van der Waals surface area contributed by atoms with E-state index in [1.165, 1.54) is 0 Å². The van der Waals surface area contributed by atoms with Crippen molar-refractivity contribution in [1.29, 1.82) is 0 Å². The van der Waals surface area contributed by atoms with Gasteiger partial charge in [-0.3, -0.25) is 9.59 Å². The summed E-state index contributed by atoms with van der Waals surface area (Å²) >= 11 is 0. The van der Waals surface area contributed by atoms with Crippen LogP contribution in [0.4, 0.5) is 0 Å². The third-order valence-corrected chi connectivity index (χ3v) is 8.94. The number of hydrogen-bond acceptors (Lipinski definition) is 4. The van der Waals surface area contributed by atoms with Crippen molar-refractivity contribution in [3.05, 3.63) is 6.92 Å². The molecule has 1 radical (unpaired) electrons. The third kappa shape index (κ3) is 2.13. The topological polar surface area (TPSA) is 74.6 Å². The molecule has 139 valence electrons. The zero-order valence-electron chi connectivity index (χ0n) is 15.5. The van der Waals surface area contributed by atoms with E-state index in [0.717, 1.165) is 38.5 Å². The Kier molecular flexibility index (Phi) is 3.81. The molecule has 0 saturated heterocycles. The highest BCUT2D eigenvalue weighted by atomic mass is 16.3. The van der Waals surface area contributed by atoms with Gasteiger partial charge < -0.3 is 10.2 Å². The lowest BCUT2D eigenvalue weighted by atomic mass is 9.44. The molecule has 4 heteroatoms. The Bertz CT molecular complexity index is 615. The molecule has 4 aliphatic rings. The highest BCUT2D eigenvalue weighted by molar-refractivity contribution is 5.94. The second kappa shape index (κ2) is 5.39. The summed E-state index contributed by atoms with van der Waals surface area (Å²) in [7, 11) is 0. The summed E-state index contributed by atoms with van der Waals surface area (Å²) in [6.45, 7) is 7.72. The molecule has 0 amide bonds. The van der Waals surface area contributed by atoms with Crippen LogP contribution in [0.5, 0.6) is 0 Å². The Balaban J connectivity index is 1.71. The molecule has 8 atom stereocenters. The van der Waals surface area contributed by atoms with Crippen molar-refractivity contribution in [3.63, 3.8) is 0 Å². The molecule has 0 aromatic heterocycles. The largest absolute Gasteiger partial charge is 0.393 e. The maximum Gasteiger partial charge on any atom is 0.165 e. The van der Waals surface area contributed by atoms with Crippen LogP contribution in [0.2, 0.25) is 0 Å². The number of carbonyl (C=O) groups excluding carboxylic acids is 2. The van der Waals surface area contributed by atoms with Gasteiger partial charge in [-0.25, -0.2) is 0 Å². The Hall–Kier alpha value is -0.740. The lowest BCUT2D eigenvalue weighted by molar-refractivity contribution is -0.177. The Labute approximate surface area is 150 Å². The highest BCUT2D eigenvalue weighted by Gasteiger charge is 2.68. The standard InChI is InChI=1S/C21H31O4/c1-12(22)21(25)9-7-16-15-5-4-13-10-14(23)6-8-19(13,2)18(15)17(24)11-20(16,21)3/h13-16,18,23,25H,1,4-11H2,2-3H3/t13?,14?,15-,16-,18+,19-,20-,21-/m0/s1. The summed E-state index contributed by atoms with van der Waals surface area (Å²) < 4.78 is 0. The molecular weight excluding hydrogens is 316 g/mol. The summed E-state index contributed by atoms with van der Waals surface area (Å²) in [5, 5.41) is 21.1. The van der Waals surface area contributed by atoms with Crippen molar-refractivity contribution >= 4 is 11.6 Å². The van der Waals surface area contributed by atoms with Crippen molar-refractivity contribution in [1.82, 2.24) is 0 Å². The number of rotatable bonds is 1. The number of ketones is 2. The van der Waals surface area contributed by atoms with Gasteiger partial charge in [0.1, 0.15) is 11.4 Å². The Morgan fingerprint density at radius 3 is 2.56 bits per heavy atom. The maximum atomic E-state index is 13.3. The number of Topliss-reactive ketones (excluding diaryl/α,β-unsaturated/α-hetero) is 2. The molecule has 0 aromatic rings. The first-order valence-electron chi connectivity index (χ1n) is 9.93. The van der Waals surface area contributed by atoms with E-state index in [0.29, 0.717) is 18.8 Å². The number of carbonyl (C=O) groups is 2. The minimum Gasteiger partial charge on any atom is -0.393 e. The Morgan fingerprint density at radius 2 is 1.88 bits per heavy atom. The monoisotopic (exact) mass is 347 g/mol. The zero-order valence-corrected chi connectivity index (χ0v) is 15.5. The zero-order chi connectivity index (χ0) is 18.2. The average molecular weight is 347 g/mol. The first-order chi connectivity index (χ1) is 11.6. The van der Waals surface area contributed by atoms with Gasteiger partial charge in [-0.05, 0) is 68.1 Å². The summed E-state index contributed by atoms with van der Waals surface area (Å²) in [6.07, 6.45) is 5.85. The Morgan fingerprint density at radius 1 is 1.16 bits per heavy atom. The van der Waals surface area contributed by atoms with Crippen LogP contribution in [0.15, 0.2) is 0 Å². The molecule has 0 heterocycles. The molecule has 4 saturated carbocycles. The van der Waals surface area contributed by atoms with Crippen molar-refractivity contribution in [2.75, 3.05) is 0 Å². The minimum absolute atomic E-state index is 0.0269. The van der Waals surface area contributed by atoms with Gasteiger partial charge in [0, 0.05) is 24.7 Å². The lowest BCUT2D eigenvalue weighted by Crippen LogP contribution is -2.61. The van der Waals surface area contributed by atoms with Crippen LogP contribution in [-0.4, -0.2) is 33.5 Å². The van der Waals surface area contributed by atoms with Gasteiger partial charge >= 0.3 is 0 Å². The third-order valence-electron chi connectivity index (χ3n) is 8.94. The second-order valence-corrected chi connectivity index (χ2v) is 9.84. The number of aliphatic hydroxyl groups is 2. The van der Waals surface area contributed by atoms with Gasteiger partial charge in [0.2, 0.25) is 0 Å². The normalized spacial score (nSPS) is 55.2. The molecule has 4 aliphatic carbocycles. The van der Waals surface area contributed by atoms with Crippen LogP contribution in [0.1, 0.15) is 65.2 Å². The molecule has 0 aromatic carbocycles. The van der Waals surface area contributed by atoms with Gasteiger partial charge in [0.05, 0.1) is 6.10 Å². The summed E-state index contributed by atoms with van der Waals surface area (Å²) in [5.74, 6) is 0.727. The van der Waals surface area contributed by atoms with Crippen LogP contribution in [-0.2, 0) is 9.59 Å². The van der Waals surface area contributed by atoms with Gasteiger partial charge in [0.15, 0.2) is 5.78 Å². The molecule has 4 nitrogen and oxygen atoms in total. The van der Waals surface area contributed by atoms with Gasteiger partial charge in [-0.1, -0.05) is 13.8 Å². The minimum atomic E-state index is -1.45. The summed E-state index contributed by atoms with van der Waals surface area (Å²) in [5.41, 5.74) is -2.14. The van der Waals surface area contributed by atoms with Crippen LogP contribution < -0.4 is 0 Å². The van der Waals surface area contributed by atoms with Crippen LogP contribution in [0.25, 0.3) is 0 Å². The number of hydrogen-bond donors (Lipinski definition) is 2. The lowest BCUT2D eigenvalue weighted by Gasteiger charge is -2.60. The van der Waals surface area contributed by atoms with E-state index in [1.807, 2.05) is 6.92 Å². The molecule has 4 rings (SSSR count). The van der Waals surface area contributed by atoms with Gasteiger partial charge in [-0.15, -0.1) is 0 Å². The van der Waals surface area contributed by atoms with E-state index in [1.54, 1.807) is 0 Å². The van der Waals surface area contributed by atoms with Crippen molar-refractivity contribution < 1.29 is 19.8 Å². The average Bonchev–Trinajstić information content (AvgIpc) is 2.80. The van der Waals surface area contributed by atoms with Crippen LogP contribution in [0.3, 0.4) is 0 Å². The summed E-state index contributed by atoms with van der Waals surface area (Å²) in [6, 6.07) is 0. The molecule has 2 N–H and O–H groups in total.